The summed E-state index contributed by atoms with van der Waals surface area (Å²) >= 11 is 7.81. The van der Waals surface area contributed by atoms with E-state index in [1.165, 1.54) is 15.0 Å². The molecular weight excluding hydrogens is 330 g/mol. The summed E-state index contributed by atoms with van der Waals surface area (Å²) in [4.78, 5) is 20.4. The Morgan fingerprint density at radius 1 is 1.22 bits per heavy atom. The van der Waals surface area contributed by atoms with E-state index in [9.17, 15) is 4.79 Å². The van der Waals surface area contributed by atoms with Crippen molar-refractivity contribution in [2.24, 2.45) is 0 Å². The molecule has 0 aliphatic carbocycles. The molecule has 3 heterocycles. The molecule has 0 spiro atoms. The Kier molecular flexibility index (Phi) is 3.75. The molecule has 1 aliphatic rings. The molecule has 23 heavy (non-hydrogen) atoms. The number of anilines is 1. The van der Waals surface area contributed by atoms with Crippen molar-refractivity contribution in [1.29, 1.82) is 0 Å². The van der Waals surface area contributed by atoms with E-state index in [0.717, 1.165) is 18.0 Å². The largest absolute Gasteiger partial charge is 0.364 e. The first-order chi connectivity index (χ1) is 11.2. The number of thioether (sulfide) groups is 1. The Morgan fingerprint density at radius 2 is 2.09 bits per heavy atom. The summed E-state index contributed by atoms with van der Waals surface area (Å²) < 4.78 is 1.48. The summed E-state index contributed by atoms with van der Waals surface area (Å²) in [6.45, 7) is 1.58. The number of hydrogen-bond donors (Lipinski definition) is 0. The maximum Gasteiger partial charge on any atom is 0.258 e. The fourth-order valence-corrected chi connectivity index (χ4v) is 4.01. The zero-order chi connectivity index (χ0) is 15.8. The van der Waals surface area contributed by atoms with Gasteiger partial charge in [-0.2, -0.15) is 0 Å². The van der Waals surface area contributed by atoms with E-state index in [4.69, 9.17) is 11.6 Å². The van der Waals surface area contributed by atoms with E-state index >= 15 is 0 Å². The maximum atomic E-state index is 12.3. The average molecular weight is 344 g/mol. The zero-order valence-corrected chi connectivity index (χ0v) is 13.8. The molecule has 0 radical (unpaired) electrons. The lowest BCUT2D eigenvalue weighted by molar-refractivity contribution is 0.792. The van der Waals surface area contributed by atoms with Crippen LogP contribution in [0.15, 0.2) is 58.4 Å². The number of pyridine rings is 1. The van der Waals surface area contributed by atoms with Crippen molar-refractivity contribution in [1.82, 2.24) is 9.38 Å². The third kappa shape index (κ3) is 2.82. The van der Waals surface area contributed by atoms with Gasteiger partial charge in [0.1, 0.15) is 5.65 Å². The monoisotopic (exact) mass is 343 g/mol. The number of benzene rings is 1. The molecule has 2 aromatic heterocycles. The summed E-state index contributed by atoms with van der Waals surface area (Å²) in [6.07, 6.45) is 1.60. The van der Waals surface area contributed by atoms with Crippen LogP contribution in [-0.2, 0) is 6.54 Å². The molecule has 4 nitrogen and oxygen atoms in total. The summed E-state index contributed by atoms with van der Waals surface area (Å²) in [5.74, 6) is 1.04. The first-order valence-electron chi connectivity index (χ1n) is 7.35. The van der Waals surface area contributed by atoms with Gasteiger partial charge < -0.3 is 4.90 Å². The van der Waals surface area contributed by atoms with Gasteiger partial charge >= 0.3 is 0 Å². The van der Waals surface area contributed by atoms with Gasteiger partial charge in [0.25, 0.3) is 5.56 Å². The van der Waals surface area contributed by atoms with Crippen LogP contribution in [0.25, 0.3) is 5.65 Å². The van der Waals surface area contributed by atoms with Crippen LogP contribution in [0.5, 0.6) is 0 Å². The standard InChI is InChI=1S/C17H14ClN3OS/c18-12-5-6-16-19-13(9-17(22)21(16)10-12)11-20-7-8-23-15-4-2-1-3-14(15)20/h1-6,9-10H,7-8,11H2. The predicted octanol–water partition coefficient (Wildman–Crippen LogP) is 3.46. The van der Waals surface area contributed by atoms with Crippen molar-refractivity contribution in [3.8, 4) is 0 Å². The number of rotatable bonds is 2. The molecule has 4 rings (SSSR count). The van der Waals surface area contributed by atoms with Crippen LogP contribution in [0, 0.1) is 0 Å². The highest BCUT2D eigenvalue weighted by molar-refractivity contribution is 7.99. The predicted molar refractivity (Wildman–Crippen MR) is 94.7 cm³/mol. The van der Waals surface area contributed by atoms with E-state index in [1.54, 1.807) is 24.4 Å². The van der Waals surface area contributed by atoms with E-state index in [2.05, 4.69) is 28.1 Å². The van der Waals surface area contributed by atoms with Gasteiger partial charge in [0.15, 0.2) is 0 Å². The molecule has 0 fully saturated rings. The lowest BCUT2D eigenvalue weighted by Gasteiger charge is -2.30. The molecule has 0 atom stereocenters. The van der Waals surface area contributed by atoms with Crippen molar-refractivity contribution >= 4 is 34.7 Å². The molecule has 0 amide bonds. The number of para-hydroxylation sites is 1. The van der Waals surface area contributed by atoms with Crippen molar-refractivity contribution in [2.45, 2.75) is 11.4 Å². The van der Waals surface area contributed by atoms with E-state index < -0.39 is 0 Å². The van der Waals surface area contributed by atoms with Gasteiger partial charge in [-0.3, -0.25) is 9.20 Å². The Bertz CT molecular complexity index is 941. The molecule has 0 saturated carbocycles. The number of aromatic nitrogens is 2. The second-order valence-electron chi connectivity index (χ2n) is 5.40. The van der Waals surface area contributed by atoms with E-state index in [1.807, 2.05) is 17.8 Å². The first-order valence-corrected chi connectivity index (χ1v) is 8.72. The van der Waals surface area contributed by atoms with Crippen molar-refractivity contribution in [2.75, 3.05) is 17.2 Å². The normalized spacial score (nSPS) is 14.0. The summed E-state index contributed by atoms with van der Waals surface area (Å²) in [5.41, 5.74) is 2.50. The summed E-state index contributed by atoms with van der Waals surface area (Å²) in [5, 5.41) is 0.524. The maximum absolute atomic E-state index is 12.3. The second kappa shape index (κ2) is 5.91. The minimum atomic E-state index is -0.104. The molecule has 0 unspecified atom stereocenters. The molecule has 116 valence electrons. The molecular formula is C17H14ClN3OS. The Morgan fingerprint density at radius 3 is 3.00 bits per heavy atom. The van der Waals surface area contributed by atoms with Gasteiger partial charge in [-0.15, -0.1) is 11.8 Å². The lowest BCUT2D eigenvalue weighted by Crippen LogP contribution is -2.30. The average Bonchev–Trinajstić information content (AvgIpc) is 2.56. The minimum Gasteiger partial charge on any atom is -0.364 e. The second-order valence-corrected chi connectivity index (χ2v) is 6.97. The van der Waals surface area contributed by atoms with Gasteiger partial charge in [-0.1, -0.05) is 23.7 Å². The van der Waals surface area contributed by atoms with Gasteiger partial charge in [0, 0.05) is 29.5 Å². The highest BCUT2D eigenvalue weighted by Crippen LogP contribution is 2.34. The Hall–Kier alpha value is -1.98. The first kappa shape index (κ1) is 14.6. The van der Waals surface area contributed by atoms with Gasteiger partial charge in [0.2, 0.25) is 0 Å². The van der Waals surface area contributed by atoms with Crippen LogP contribution < -0.4 is 10.5 Å². The quantitative estimate of drug-likeness (QED) is 0.714. The van der Waals surface area contributed by atoms with Gasteiger partial charge in [-0.25, -0.2) is 4.98 Å². The molecule has 1 aliphatic heterocycles. The lowest BCUT2D eigenvalue weighted by atomic mass is 10.2. The zero-order valence-electron chi connectivity index (χ0n) is 12.3. The molecule has 1 aromatic carbocycles. The highest BCUT2D eigenvalue weighted by Gasteiger charge is 2.17. The smallest absolute Gasteiger partial charge is 0.258 e. The highest BCUT2D eigenvalue weighted by atomic mass is 35.5. The molecule has 0 bridgehead atoms. The van der Waals surface area contributed by atoms with Crippen LogP contribution in [0.4, 0.5) is 5.69 Å². The van der Waals surface area contributed by atoms with Crippen molar-refractivity contribution in [3.05, 3.63) is 69.7 Å². The molecule has 3 aromatic rings. The summed E-state index contributed by atoms with van der Waals surface area (Å²) in [6, 6.07) is 13.5. The van der Waals surface area contributed by atoms with Crippen LogP contribution in [0.2, 0.25) is 5.02 Å². The third-order valence-electron chi connectivity index (χ3n) is 3.85. The number of hydrogen-bond acceptors (Lipinski definition) is 4. The SMILES string of the molecule is O=c1cc(CN2CCSc3ccccc32)nc2ccc(Cl)cn12. The third-order valence-corrected chi connectivity index (χ3v) is 5.12. The number of fused-ring (bicyclic) bond motifs is 2. The number of nitrogens with zero attached hydrogens (tertiary/aromatic N) is 3. The number of halogens is 1. The molecule has 6 heteroatoms. The fourth-order valence-electron chi connectivity index (χ4n) is 2.79. The topological polar surface area (TPSA) is 37.6 Å². The van der Waals surface area contributed by atoms with Gasteiger partial charge in [-0.05, 0) is 24.3 Å². The molecule has 0 N–H and O–H groups in total. The van der Waals surface area contributed by atoms with Crippen LogP contribution in [0.3, 0.4) is 0 Å². The van der Waals surface area contributed by atoms with Crippen LogP contribution in [0.1, 0.15) is 5.69 Å². The van der Waals surface area contributed by atoms with Crippen LogP contribution >= 0.6 is 23.4 Å². The fraction of sp³-hybridized carbons (Fsp3) is 0.176. The summed E-state index contributed by atoms with van der Waals surface area (Å²) in [7, 11) is 0. The Balaban J connectivity index is 1.72. The van der Waals surface area contributed by atoms with E-state index in [0.29, 0.717) is 17.2 Å². The molecule has 0 saturated heterocycles. The Labute approximate surface area is 142 Å². The van der Waals surface area contributed by atoms with Gasteiger partial charge in [0.05, 0.1) is 22.9 Å². The van der Waals surface area contributed by atoms with E-state index in [-0.39, 0.29) is 5.56 Å². The minimum absolute atomic E-state index is 0.104. The van der Waals surface area contributed by atoms with Crippen molar-refractivity contribution < 1.29 is 0 Å². The van der Waals surface area contributed by atoms with Crippen molar-refractivity contribution in [3.63, 3.8) is 0 Å². The van der Waals surface area contributed by atoms with Crippen LogP contribution in [-0.4, -0.2) is 21.7 Å².